The van der Waals surface area contributed by atoms with Crippen LogP contribution in [-0.4, -0.2) is 48.3 Å². The zero-order valence-corrected chi connectivity index (χ0v) is 9.93. The predicted molar refractivity (Wildman–Crippen MR) is 57.5 cm³/mol. The summed E-state index contributed by atoms with van der Waals surface area (Å²) in [6.45, 7) is 14.4. The maximum Gasteiger partial charge on any atom is 0.135 e. The Balaban J connectivity index is 2.62. The van der Waals surface area contributed by atoms with Gasteiger partial charge >= 0.3 is 0 Å². The summed E-state index contributed by atoms with van der Waals surface area (Å²) in [7, 11) is 2.37. The molecule has 0 spiro atoms. The zero-order chi connectivity index (χ0) is 10.1. The second-order valence-corrected chi connectivity index (χ2v) is 5.59. The third kappa shape index (κ3) is 2.68. The van der Waals surface area contributed by atoms with Crippen molar-refractivity contribution >= 4 is 0 Å². The van der Waals surface area contributed by atoms with Crippen LogP contribution in [0.4, 0.5) is 0 Å². The van der Waals surface area contributed by atoms with Crippen molar-refractivity contribution in [2.75, 3.05) is 33.4 Å². The molecule has 1 atom stereocenters. The largest absolute Gasteiger partial charge is 0.314 e. The molecule has 2 heteroatoms. The van der Waals surface area contributed by atoms with E-state index in [2.05, 4.69) is 39.6 Å². The van der Waals surface area contributed by atoms with Gasteiger partial charge in [0.05, 0.1) is 20.1 Å². The van der Waals surface area contributed by atoms with E-state index in [1.807, 2.05) is 0 Å². The van der Waals surface area contributed by atoms with Gasteiger partial charge in [0.15, 0.2) is 0 Å². The molecule has 1 saturated heterocycles. The van der Waals surface area contributed by atoms with Gasteiger partial charge in [0.25, 0.3) is 0 Å². The first-order chi connectivity index (χ1) is 5.87. The first kappa shape index (κ1) is 11.0. The normalized spacial score (nSPS) is 32.1. The lowest BCUT2D eigenvalue weighted by atomic mass is 10.0. The summed E-state index contributed by atoms with van der Waals surface area (Å²) in [5.41, 5.74) is 0.342. The van der Waals surface area contributed by atoms with E-state index < -0.39 is 0 Å². The summed E-state index contributed by atoms with van der Waals surface area (Å²) in [5.74, 6) is 0. The van der Waals surface area contributed by atoms with E-state index in [1.54, 1.807) is 0 Å². The van der Waals surface area contributed by atoms with E-state index in [0.717, 1.165) is 0 Å². The molecule has 1 aliphatic heterocycles. The Kier molecular flexibility index (Phi) is 3.03. The Morgan fingerprint density at radius 2 is 1.92 bits per heavy atom. The lowest BCUT2D eigenvalue weighted by Crippen LogP contribution is -2.60. The van der Waals surface area contributed by atoms with Crippen molar-refractivity contribution < 1.29 is 4.48 Å². The number of quaternary nitrogens is 1. The van der Waals surface area contributed by atoms with Gasteiger partial charge in [0, 0.05) is 18.5 Å². The molecule has 2 nitrogen and oxygen atoms in total. The van der Waals surface area contributed by atoms with Crippen LogP contribution in [0.15, 0.2) is 0 Å². The fourth-order valence-electron chi connectivity index (χ4n) is 2.00. The van der Waals surface area contributed by atoms with Crippen LogP contribution >= 0.6 is 0 Å². The van der Waals surface area contributed by atoms with Gasteiger partial charge in [0.1, 0.15) is 6.67 Å². The van der Waals surface area contributed by atoms with Crippen LogP contribution in [0, 0.1) is 0 Å². The van der Waals surface area contributed by atoms with E-state index >= 15 is 0 Å². The van der Waals surface area contributed by atoms with E-state index in [-0.39, 0.29) is 0 Å². The van der Waals surface area contributed by atoms with E-state index in [9.17, 15) is 0 Å². The summed E-state index contributed by atoms with van der Waals surface area (Å²) < 4.78 is 1.22. The Morgan fingerprint density at radius 1 is 1.31 bits per heavy atom. The number of nitrogens with zero attached hydrogens (tertiary/aromatic N) is 2. The van der Waals surface area contributed by atoms with Gasteiger partial charge in [0.2, 0.25) is 0 Å². The molecule has 0 unspecified atom stereocenters. The minimum Gasteiger partial charge on any atom is -0.314 e. The highest BCUT2D eigenvalue weighted by atomic mass is 15.5. The third-order valence-corrected chi connectivity index (χ3v) is 3.35. The standard InChI is InChI=1S/C11H25N2/c1-6-13(5)9-7-8-12(10-13)11(2,3)4/h6-10H2,1-5H3/q+1/t13-/m1/s1. The number of hydrogen-bond donors (Lipinski definition) is 0. The quantitative estimate of drug-likeness (QED) is 0.564. The van der Waals surface area contributed by atoms with Crippen molar-refractivity contribution in [2.24, 2.45) is 0 Å². The van der Waals surface area contributed by atoms with Gasteiger partial charge in [-0.25, -0.2) is 0 Å². The van der Waals surface area contributed by atoms with E-state index in [1.165, 1.54) is 37.2 Å². The molecule has 1 aliphatic rings. The summed E-state index contributed by atoms with van der Waals surface area (Å²) >= 11 is 0. The molecule has 13 heavy (non-hydrogen) atoms. The van der Waals surface area contributed by atoms with Crippen molar-refractivity contribution in [2.45, 2.75) is 39.7 Å². The maximum absolute atomic E-state index is 2.61. The fourth-order valence-corrected chi connectivity index (χ4v) is 2.00. The predicted octanol–water partition coefficient (Wildman–Crippen LogP) is 1.91. The van der Waals surface area contributed by atoms with Crippen LogP contribution in [-0.2, 0) is 0 Å². The van der Waals surface area contributed by atoms with Crippen molar-refractivity contribution in [3.8, 4) is 0 Å². The van der Waals surface area contributed by atoms with Crippen LogP contribution in [0.5, 0.6) is 0 Å². The monoisotopic (exact) mass is 185 g/mol. The topological polar surface area (TPSA) is 3.24 Å². The van der Waals surface area contributed by atoms with Gasteiger partial charge in [-0.1, -0.05) is 0 Å². The molecule has 0 bridgehead atoms. The molecule has 1 fully saturated rings. The highest BCUT2D eigenvalue weighted by Gasteiger charge is 2.33. The Hall–Kier alpha value is -0.0800. The molecule has 0 radical (unpaired) electrons. The van der Waals surface area contributed by atoms with Crippen molar-refractivity contribution in [1.82, 2.24) is 4.90 Å². The molecule has 0 N–H and O–H groups in total. The fraction of sp³-hybridized carbons (Fsp3) is 1.00. The highest BCUT2D eigenvalue weighted by Crippen LogP contribution is 2.21. The Bertz CT molecular complexity index is 171. The highest BCUT2D eigenvalue weighted by molar-refractivity contribution is 4.75. The smallest absolute Gasteiger partial charge is 0.135 e. The average Bonchev–Trinajstić information content (AvgIpc) is 2.03. The van der Waals surface area contributed by atoms with Gasteiger partial charge in [-0.05, 0) is 27.7 Å². The molecule has 1 heterocycles. The molecular formula is C11H25N2+. The number of rotatable bonds is 1. The van der Waals surface area contributed by atoms with Gasteiger partial charge in [-0.2, -0.15) is 0 Å². The molecule has 0 aromatic heterocycles. The molecule has 78 valence electrons. The molecule has 0 aromatic carbocycles. The molecule has 0 aliphatic carbocycles. The van der Waals surface area contributed by atoms with Crippen LogP contribution in [0.25, 0.3) is 0 Å². The summed E-state index contributed by atoms with van der Waals surface area (Å²) in [6, 6.07) is 0. The van der Waals surface area contributed by atoms with Gasteiger partial charge < -0.3 is 4.48 Å². The van der Waals surface area contributed by atoms with Crippen molar-refractivity contribution in [3.63, 3.8) is 0 Å². The Labute approximate surface area is 83.1 Å². The minimum atomic E-state index is 0.342. The van der Waals surface area contributed by atoms with Crippen LogP contribution in [0.2, 0.25) is 0 Å². The van der Waals surface area contributed by atoms with E-state index in [0.29, 0.717) is 5.54 Å². The third-order valence-electron chi connectivity index (χ3n) is 3.35. The van der Waals surface area contributed by atoms with Crippen molar-refractivity contribution in [1.29, 1.82) is 0 Å². The molecule has 0 aromatic rings. The molecule has 0 saturated carbocycles. The van der Waals surface area contributed by atoms with E-state index in [4.69, 9.17) is 0 Å². The van der Waals surface area contributed by atoms with Gasteiger partial charge in [-0.15, -0.1) is 0 Å². The van der Waals surface area contributed by atoms with Gasteiger partial charge in [-0.3, -0.25) is 4.90 Å². The SMILES string of the molecule is CC[N@+]1(C)CCCN(C(C)(C)C)C1. The zero-order valence-electron chi connectivity index (χ0n) is 9.93. The Morgan fingerprint density at radius 3 is 2.38 bits per heavy atom. The van der Waals surface area contributed by atoms with Crippen molar-refractivity contribution in [3.05, 3.63) is 0 Å². The summed E-state index contributed by atoms with van der Waals surface area (Å²) in [4.78, 5) is 2.61. The summed E-state index contributed by atoms with van der Waals surface area (Å²) in [6.07, 6.45) is 1.35. The first-order valence-corrected chi connectivity index (χ1v) is 5.46. The average molecular weight is 185 g/mol. The van der Waals surface area contributed by atoms with Crippen LogP contribution in [0.1, 0.15) is 34.1 Å². The first-order valence-electron chi connectivity index (χ1n) is 5.46. The van der Waals surface area contributed by atoms with Crippen LogP contribution < -0.4 is 0 Å². The van der Waals surface area contributed by atoms with Crippen LogP contribution in [0.3, 0.4) is 0 Å². The summed E-state index contributed by atoms with van der Waals surface area (Å²) in [5, 5.41) is 0. The second-order valence-electron chi connectivity index (χ2n) is 5.59. The maximum atomic E-state index is 2.61. The lowest BCUT2D eigenvalue weighted by molar-refractivity contribution is -0.924. The lowest BCUT2D eigenvalue weighted by Gasteiger charge is -2.47. The minimum absolute atomic E-state index is 0.342. The second kappa shape index (κ2) is 3.58. The molecular weight excluding hydrogens is 160 g/mol. The molecule has 1 rings (SSSR count). The molecule has 0 amide bonds. The number of hydrogen-bond acceptors (Lipinski definition) is 1.